The van der Waals surface area contributed by atoms with Crippen molar-refractivity contribution in [1.82, 2.24) is 5.32 Å². The van der Waals surface area contributed by atoms with E-state index in [0.717, 1.165) is 19.3 Å². The van der Waals surface area contributed by atoms with E-state index in [9.17, 15) is 4.79 Å². The standard InChI is InChI=1S/C10H21NO3/c1-9(14-2)5-6-10(13)11-7-3-4-8-12/h9,12H,3-8H2,1-2H3,(H,11,13). The molecule has 0 rings (SSSR count). The molecule has 0 bridgehead atoms. The van der Waals surface area contributed by atoms with Gasteiger partial charge in [-0.1, -0.05) is 0 Å². The Hall–Kier alpha value is -0.610. The number of amides is 1. The van der Waals surface area contributed by atoms with E-state index in [1.54, 1.807) is 7.11 Å². The van der Waals surface area contributed by atoms with Crippen molar-refractivity contribution in [2.24, 2.45) is 0 Å². The van der Waals surface area contributed by atoms with Gasteiger partial charge in [-0.15, -0.1) is 0 Å². The average Bonchev–Trinajstić information content (AvgIpc) is 2.21. The van der Waals surface area contributed by atoms with Gasteiger partial charge >= 0.3 is 0 Å². The molecule has 0 aliphatic rings. The summed E-state index contributed by atoms with van der Waals surface area (Å²) >= 11 is 0. The van der Waals surface area contributed by atoms with Crippen molar-refractivity contribution in [3.8, 4) is 0 Å². The van der Waals surface area contributed by atoms with Crippen LogP contribution in [-0.2, 0) is 9.53 Å². The predicted octanol–water partition coefficient (Wildman–Crippen LogP) is 0.690. The van der Waals surface area contributed by atoms with Crippen LogP contribution in [0.15, 0.2) is 0 Å². The normalized spacial score (nSPS) is 12.5. The zero-order valence-corrected chi connectivity index (χ0v) is 9.08. The molecule has 0 heterocycles. The van der Waals surface area contributed by atoms with Crippen LogP contribution in [0, 0.1) is 0 Å². The van der Waals surface area contributed by atoms with Crippen LogP contribution in [0.1, 0.15) is 32.6 Å². The fourth-order valence-corrected chi connectivity index (χ4v) is 1.01. The minimum atomic E-state index is 0.0619. The summed E-state index contributed by atoms with van der Waals surface area (Å²) in [5.74, 6) is 0.0619. The molecule has 1 atom stereocenters. The molecule has 4 heteroatoms. The Bertz CT molecular complexity index is 150. The number of rotatable bonds is 8. The Balaban J connectivity index is 3.28. The molecule has 2 N–H and O–H groups in total. The minimum absolute atomic E-state index is 0.0619. The van der Waals surface area contributed by atoms with Crippen LogP contribution in [0.4, 0.5) is 0 Å². The molecule has 0 fully saturated rings. The monoisotopic (exact) mass is 203 g/mol. The van der Waals surface area contributed by atoms with Crippen molar-refractivity contribution in [3.05, 3.63) is 0 Å². The lowest BCUT2D eigenvalue weighted by atomic mass is 10.2. The fraction of sp³-hybridized carbons (Fsp3) is 0.900. The molecular formula is C10H21NO3. The summed E-state index contributed by atoms with van der Waals surface area (Å²) in [5.41, 5.74) is 0. The number of ether oxygens (including phenoxy) is 1. The van der Waals surface area contributed by atoms with Crippen molar-refractivity contribution < 1.29 is 14.6 Å². The number of aliphatic hydroxyl groups excluding tert-OH is 1. The predicted molar refractivity (Wildman–Crippen MR) is 55.0 cm³/mol. The van der Waals surface area contributed by atoms with Crippen molar-refractivity contribution in [2.75, 3.05) is 20.3 Å². The van der Waals surface area contributed by atoms with E-state index in [0.29, 0.717) is 13.0 Å². The van der Waals surface area contributed by atoms with Crippen molar-refractivity contribution >= 4 is 5.91 Å². The molecule has 0 spiro atoms. The highest BCUT2D eigenvalue weighted by atomic mass is 16.5. The van der Waals surface area contributed by atoms with Gasteiger partial charge in [-0.2, -0.15) is 0 Å². The van der Waals surface area contributed by atoms with Gasteiger partial charge in [-0.25, -0.2) is 0 Å². The zero-order chi connectivity index (χ0) is 10.8. The minimum Gasteiger partial charge on any atom is -0.396 e. The number of hydrogen-bond donors (Lipinski definition) is 2. The molecule has 84 valence electrons. The van der Waals surface area contributed by atoms with Crippen molar-refractivity contribution in [2.45, 2.75) is 38.7 Å². The summed E-state index contributed by atoms with van der Waals surface area (Å²) in [7, 11) is 1.64. The molecule has 1 amide bonds. The van der Waals surface area contributed by atoms with Crippen molar-refractivity contribution in [1.29, 1.82) is 0 Å². The number of carbonyl (C=O) groups excluding carboxylic acids is 1. The largest absolute Gasteiger partial charge is 0.396 e. The summed E-state index contributed by atoms with van der Waals surface area (Å²) in [4.78, 5) is 11.2. The highest BCUT2D eigenvalue weighted by molar-refractivity contribution is 5.75. The van der Waals surface area contributed by atoms with Crippen LogP contribution in [-0.4, -0.2) is 37.4 Å². The van der Waals surface area contributed by atoms with Crippen LogP contribution < -0.4 is 5.32 Å². The summed E-state index contributed by atoms with van der Waals surface area (Å²) < 4.78 is 5.03. The average molecular weight is 203 g/mol. The summed E-state index contributed by atoms with van der Waals surface area (Å²) in [6, 6.07) is 0. The van der Waals surface area contributed by atoms with Crippen LogP contribution in [0.25, 0.3) is 0 Å². The van der Waals surface area contributed by atoms with Gasteiger partial charge in [0.25, 0.3) is 0 Å². The van der Waals surface area contributed by atoms with Crippen LogP contribution in [0.3, 0.4) is 0 Å². The number of nitrogens with one attached hydrogen (secondary N) is 1. The smallest absolute Gasteiger partial charge is 0.220 e. The Morgan fingerprint density at radius 3 is 2.79 bits per heavy atom. The SMILES string of the molecule is COC(C)CCC(=O)NCCCCO. The summed E-state index contributed by atoms with van der Waals surface area (Å²) in [5, 5.41) is 11.3. The molecule has 0 aromatic carbocycles. The quantitative estimate of drug-likeness (QED) is 0.571. The van der Waals surface area contributed by atoms with Crippen LogP contribution in [0.5, 0.6) is 0 Å². The highest BCUT2D eigenvalue weighted by Crippen LogP contribution is 1.99. The van der Waals surface area contributed by atoms with E-state index in [-0.39, 0.29) is 18.6 Å². The van der Waals surface area contributed by atoms with Gasteiger partial charge in [-0.3, -0.25) is 4.79 Å². The van der Waals surface area contributed by atoms with E-state index < -0.39 is 0 Å². The lowest BCUT2D eigenvalue weighted by Crippen LogP contribution is -2.25. The summed E-state index contributed by atoms with van der Waals surface area (Å²) in [6.07, 6.45) is 2.98. The van der Waals surface area contributed by atoms with E-state index in [1.165, 1.54) is 0 Å². The Kier molecular flexibility index (Phi) is 8.57. The number of methoxy groups -OCH3 is 1. The van der Waals surface area contributed by atoms with Gasteiger partial charge in [0.05, 0.1) is 6.10 Å². The van der Waals surface area contributed by atoms with Gasteiger partial charge in [0, 0.05) is 26.7 Å². The van der Waals surface area contributed by atoms with Crippen molar-refractivity contribution in [3.63, 3.8) is 0 Å². The van der Waals surface area contributed by atoms with Gasteiger partial charge in [0.15, 0.2) is 0 Å². The molecule has 0 saturated carbocycles. The third-order valence-corrected chi connectivity index (χ3v) is 2.09. The van der Waals surface area contributed by atoms with E-state index in [2.05, 4.69) is 5.32 Å². The van der Waals surface area contributed by atoms with E-state index >= 15 is 0 Å². The second-order valence-corrected chi connectivity index (χ2v) is 3.37. The molecule has 0 aliphatic heterocycles. The van der Waals surface area contributed by atoms with Crippen LogP contribution >= 0.6 is 0 Å². The number of unbranched alkanes of at least 4 members (excludes halogenated alkanes) is 1. The highest BCUT2D eigenvalue weighted by Gasteiger charge is 2.04. The molecule has 0 radical (unpaired) electrons. The number of carbonyl (C=O) groups is 1. The van der Waals surface area contributed by atoms with Gasteiger partial charge in [0.1, 0.15) is 0 Å². The molecule has 0 aliphatic carbocycles. The van der Waals surface area contributed by atoms with E-state index in [4.69, 9.17) is 9.84 Å². The fourth-order valence-electron chi connectivity index (χ4n) is 1.01. The van der Waals surface area contributed by atoms with Crippen LogP contribution in [0.2, 0.25) is 0 Å². The third kappa shape index (κ3) is 8.01. The van der Waals surface area contributed by atoms with Gasteiger partial charge in [-0.05, 0) is 26.2 Å². The molecule has 0 aromatic heterocycles. The maximum absolute atomic E-state index is 11.2. The maximum Gasteiger partial charge on any atom is 0.220 e. The first kappa shape index (κ1) is 13.4. The number of hydrogen-bond acceptors (Lipinski definition) is 3. The number of aliphatic hydroxyl groups is 1. The van der Waals surface area contributed by atoms with E-state index in [1.807, 2.05) is 6.92 Å². The van der Waals surface area contributed by atoms with Gasteiger partial charge < -0.3 is 15.2 Å². The first-order chi connectivity index (χ1) is 6.70. The maximum atomic E-state index is 11.2. The topological polar surface area (TPSA) is 58.6 Å². The van der Waals surface area contributed by atoms with Gasteiger partial charge in [0.2, 0.25) is 5.91 Å². The lowest BCUT2D eigenvalue weighted by Gasteiger charge is -2.08. The Labute approximate surface area is 85.6 Å². The molecular weight excluding hydrogens is 182 g/mol. The molecule has 14 heavy (non-hydrogen) atoms. The first-order valence-electron chi connectivity index (χ1n) is 5.11. The first-order valence-corrected chi connectivity index (χ1v) is 5.11. The second-order valence-electron chi connectivity index (χ2n) is 3.37. The molecule has 4 nitrogen and oxygen atoms in total. The summed E-state index contributed by atoms with van der Waals surface area (Å²) in [6.45, 7) is 2.79. The Morgan fingerprint density at radius 1 is 1.50 bits per heavy atom. The molecule has 0 saturated heterocycles. The Morgan fingerprint density at radius 2 is 2.21 bits per heavy atom. The second kappa shape index (κ2) is 8.97. The molecule has 1 unspecified atom stereocenters. The lowest BCUT2D eigenvalue weighted by molar-refractivity contribution is -0.121. The third-order valence-electron chi connectivity index (χ3n) is 2.09. The zero-order valence-electron chi connectivity index (χ0n) is 9.08. The molecule has 0 aromatic rings.